The molecule has 0 radical (unpaired) electrons. The molecule has 1 N–H and O–H groups in total. The third-order valence-corrected chi connectivity index (χ3v) is 4.71. The second-order valence-electron chi connectivity index (χ2n) is 2.81. The highest BCUT2D eigenvalue weighted by atomic mass is 79.9. The largest absolute Gasteiger partial charge is 0.480 e. The number of hydrogen-bond acceptors (Lipinski definition) is 3. The fourth-order valence-electron chi connectivity index (χ4n) is 0.982. The van der Waals surface area contributed by atoms with Gasteiger partial charge in [0.05, 0.1) is 3.79 Å². The number of carbonyl (C=O) groups is 1. The van der Waals surface area contributed by atoms with Crippen LogP contribution in [0.15, 0.2) is 15.2 Å². The van der Waals surface area contributed by atoms with Gasteiger partial charge >= 0.3 is 5.97 Å². The molecule has 1 aromatic heterocycles. The van der Waals surface area contributed by atoms with Crippen LogP contribution >= 0.6 is 39.0 Å². The second-order valence-corrected chi connectivity index (χ2v) is 6.29. The average molecular weight is 295 g/mol. The molecule has 1 rings (SSSR count). The highest BCUT2D eigenvalue weighted by Crippen LogP contribution is 2.26. The standard InChI is InChI=1S/C9H11BrO2S2/c1-2-7(9(11)12)13-4-6-3-8(10)14-5-6/h3,5,7H,2,4H2,1H3,(H,11,12). The van der Waals surface area contributed by atoms with Crippen LogP contribution in [0.4, 0.5) is 0 Å². The van der Waals surface area contributed by atoms with Crippen molar-refractivity contribution in [2.24, 2.45) is 0 Å². The van der Waals surface area contributed by atoms with Crippen molar-refractivity contribution in [1.82, 2.24) is 0 Å². The molecule has 1 aromatic rings. The summed E-state index contributed by atoms with van der Waals surface area (Å²) in [4.78, 5) is 10.7. The number of carboxylic acid groups (broad SMARTS) is 1. The van der Waals surface area contributed by atoms with E-state index in [1.54, 1.807) is 11.3 Å². The van der Waals surface area contributed by atoms with Gasteiger partial charge in [-0.3, -0.25) is 4.79 Å². The van der Waals surface area contributed by atoms with Gasteiger partial charge in [0.1, 0.15) is 5.25 Å². The Labute approximate surface area is 99.8 Å². The molecule has 0 spiro atoms. The monoisotopic (exact) mass is 294 g/mol. The minimum Gasteiger partial charge on any atom is -0.480 e. The summed E-state index contributed by atoms with van der Waals surface area (Å²) >= 11 is 6.49. The Kier molecular flexibility index (Phi) is 4.98. The third-order valence-electron chi connectivity index (χ3n) is 1.72. The Hall–Kier alpha value is -0.000000000000000111. The van der Waals surface area contributed by atoms with Crippen molar-refractivity contribution in [3.63, 3.8) is 0 Å². The highest BCUT2D eigenvalue weighted by Gasteiger charge is 2.15. The molecule has 0 aliphatic rings. The van der Waals surface area contributed by atoms with Crippen molar-refractivity contribution in [3.05, 3.63) is 20.8 Å². The quantitative estimate of drug-likeness (QED) is 0.901. The number of carboxylic acids is 1. The average Bonchev–Trinajstić information content (AvgIpc) is 2.52. The molecule has 0 saturated heterocycles. The summed E-state index contributed by atoms with van der Waals surface area (Å²) in [6, 6.07) is 2.03. The van der Waals surface area contributed by atoms with Gasteiger partial charge in [0.15, 0.2) is 0 Å². The number of thiophene rings is 1. The summed E-state index contributed by atoms with van der Waals surface area (Å²) in [5.41, 5.74) is 1.19. The van der Waals surface area contributed by atoms with Crippen LogP contribution in [0, 0.1) is 0 Å². The van der Waals surface area contributed by atoms with E-state index in [0.29, 0.717) is 6.42 Å². The van der Waals surface area contributed by atoms with Gasteiger partial charge in [-0.2, -0.15) is 0 Å². The molecule has 5 heteroatoms. The minimum atomic E-state index is -0.716. The fourth-order valence-corrected chi connectivity index (χ4v) is 3.24. The van der Waals surface area contributed by atoms with E-state index in [1.165, 1.54) is 17.3 Å². The van der Waals surface area contributed by atoms with E-state index in [4.69, 9.17) is 5.11 Å². The Morgan fingerprint density at radius 2 is 2.50 bits per heavy atom. The van der Waals surface area contributed by atoms with Crippen LogP contribution in [-0.2, 0) is 10.5 Å². The van der Waals surface area contributed by atoms with Gasteiger partial charge in [-0.15, -0.1) is 23.1 Å². The van der Waals surface area contributed by atoms with Crippen LogP contribution in [-0.4, -0.2) is 16.3 Å². The van der Waals surface area contributed by atoms with Gasteiger partial charge in [0, 0.05) is 5.75 Å². The molecule has 0 fully saturated rings. The maximum atomic E-state index is 10.7. The van der Waals surface area contributed by atoms with Crippen molar-refractivity contribution >= 4 is 45.0 Å². The molecule has 0 saturated carbocycles. The molecular weight excluding hydrogens is 284 g/mol. The van der Waals surface area contributed by atoms with Gasteiger partial charge in [-0.1, -0.05) is 6.92 Å². The number of halogens is 1. The van der Waals surface area contributed by atoms with Crippen LogP contribution in [0.25, 0.3) is 0 Å². The SMILES string of the molecule is CCC(SCc1csc(Br)c1)C(=O)O. The molecule has 0 aliphatic carbocycles. The summed E-state index contributed by atoms with van der Waals surface area (Å²) in [5, 5.41) is 10.6. The van der Waals surface area contributed by atoms with Crippen molar-refractivity contribution in [2.45, 2.75) is 24.3 Å². The summed E-state index contributed by atoms with van der Waals surface area (Å²) < 4.78 is 1.09. The molecule has 0 aromatic carbocycles. The number of thioether (sulfide) groups is 1. The first-order valence-corrected chi connectivity index (χ1v) is 6.93. The Morgan fingerprint density at radius 3 is 2.93 bits per heavy atom. The summed E-state index contributed by atoms with van der Waals surface area (Å²) in [6.07, 6.45) is 0.672. The lowest BCUT2D eigenvalue weighted by Crippen LogP contribution is -2.14. The first-order valence-electron chi connectivity index (χ1n) is 4.20. The van der Waals surface area contributed by atoms with Crippen molar-refractivity contribution in [1.29, 1.82) is 0 Å². The van der Waals surface area contributed by atoms with Crippen LogP contribution in [0.5, 0.6) is 0 Å². The van der Waals surface area contributed by atoms with Crippen LogP contribution in [0.3, 0.4) is 0 Å². The van der Waals surface area contributed by atoms with Crippen LogP contribution in [0.1, 0.15) is 18.9 Å². The van der Waals surface area contributed by atoms with E-state index in [-0.39, 0.29) is 5.25 Å². The van der Waals surface area contributed by atoms with Gasteiger partial charge in [0.25, 0.3) is 0 Å². The van der Waals surface area contributed by atoms with Gasteiger partial charge < -0.3 is 5.11 Å². The lowest BCUT2D eigenvalue weighted by molar-refractivity contribution is -0.136. The van der Waals surface area contributed by atoms with Gasteiger partial charge in [-0.25, -0.2) is 0 Å². The Balaban J connectivity index is 2.43. The van der Waals surface area contributed by atoms with Crippen molar-refractivity contribution in [3.8, 4) is 0 Å². The van der Waals surface area contributed by atoms with Crippen LogP contribution < -0.4 is 0 Å². The molecule has 0 bridgehead atoms. The molecule has 0 aliphatic heterocycles. The summed E-state index contributed by atoms with van der Waals surface area (Å²) in [7, 11) is 0. The normalized spacial score (nSPS) is 12.7. The highest BCUT2D eigenvalue weighted by molar-refractivity contribution is 9.11. The zero-order valence-corrected chi connectivity index (χ0v) is 10.9. The topological polar surface area (TPSA) is 37.3 Å². The molecule has 78 valence electrons. The van der Waals surface area contributed by atoms with Crippen molar-refractivity contribution in [2.75, 3.05) is 0 Å². The predicted molar refractivity (Wildman–Crippen MR) is 65.0 cm³/mol. The first-order chi connectivity index (χ1) is 6.63. The lowest BCUT2D eigenvalue weighted by Gasteiger charge is -2.07. The van der Waals surface area contributed by atoms with Crippen molar-refractivity contribution < 1.29 is 9.90 Å². The zero-order chi connectivity index (χ0) is 10.6. The zero-order valence-electron chi connectivity index (χ0n) is 7.70. The van der Waals surface area contributed by atoms with E-state index in [0.717, 1.165) is 9.54 Å². The van der Waals surface area contributed by atoms with E-state index in [9.17, 15) is 4.79 Å². The molecule has 14 heavy (non-hydrogen) atoms. The smallest absolute Gasteiger partial charge is 0.316 e. The van der Waals surface area contributed by atoms with E-state index < -0.39 is 5.97 Å². The maximum absolute atomic E-state index is 10.7. The molecular formula is C9H11BrO2S2. The minimum absolute atomic E-state index is 0.284. The maximum Gasteiger partial charge on any atom is 0.316 e. The predicted octanol–water partition coefficient (Wildman–Crippen LogP) is 3.61. The number of hydrogen-bond donors (Lipinski definition) is 1. The third kappa shape index (κ3) is 3.63. The molecule has 0 amide bonds. The van der Waals surface area contributed by atoms with E-state index in [2.05, 4.69) is 15.9 Å². The summed E-state index contributed by atoms with van der Waals surface area (Å²) in [5.74, 6) is 0.0548. The molecule has 1 atom stereocenters. The number of rotatable bonds is 5. The number of aliphatic carboxylic acids is 1. The van der Waals surface area contributed by atoms with Gasteiger partial charge in [0.2, 0.25) is 0 Å². The second kappa shape index (κ2) is 5.78. The molecule has 1 unspecified atom stereocenters. The van der Waals surface area contributed by atoms with E-state index in [1.807, 2.05) is 18.4 Å². The fraction of sp³-hybridized carbons (Fsp3) is 0.444. The lowest BCUT2D eigenvalue weighted by atomic mass is 10.3. The Morgan fingerprint density at radius 1 is 1.79 bits per heavy atom. The van der Waals surface area contributed by atoms with Crippen LogP contribution in [0.2, 0.25) is 0 Å². The van der Waals surface area contributed by atoms with Gasteiger partial charge in [-0.05, 0) is 39.4 Å². The summed E-state index contributed by atoms with van der Waals surface area (Å²) in [6.45, 7) is 1.90. The molecule has 1 heterocycles. The Bertz CT molecular complexity index is 312. The van der Waals surface area contributed by atoms with E-state index >= 15 is 0 Å². The molecule has 2 nitrogen and oxygen atoms in total. The first kappa shape index (κ1) is 12.1.